The van der Waals surface area contributed by atoms with Gasteiger partial charge in [-0.2, -0.15) is 5.10 Å². The van der Waals surface area contributed by atoms with E-state index in [0.717, 1.165) is 5.56 Å². The predicted molar refractivity (Wildman–Crippen MR) is 133 cm³/mol. The molecule has 0 unspecified atom stereocenters. The summed E-state index contributed by atoms with van der Waals surface area (Å²) < 4.78 is 21.5. The van der Waals surface area contributed by atoms with Gasteiger partial charge in [0.05, 0.1) is 33.2 Å². The van der Waals surface area contributed by atoms with Gasteiger partial charge in [0.25, 0.3) is 0 Å². The summed E-state index contributed by atoms with van der Waals surface area (Å²) in [5, 5.41) is 6.96. The van der Waals surface area contributed by atoms with Crippen molar-refractivity contribution in [2.45, 2.75) is 6.61 Å². The van der Waals surface area contributed by atoms with Gasteiger partial charge < -0.3 is 24.3 Å². The number of halogens is 1. The number of amides is 2. The highest BCUT2D eigenvalue weighted by molar-refractivity contribution is 6.39. The molecule has 10 heteroatoms. The van der Waals surface area contributed by atoms with E-state index in [9.17, 15) is 9.59 Å². The largest absolute Gasteiger partial charge is 0.497 e. The normalized spacial score (nSPS) is 10.5. The number of hydrazone groups is 1. The minimum absolute atomic E-state index is 0.287. The Morgan fingerprint density at radius 3 is 2.26 bits per heavy atom. The summed E-state index contributed by atoms with van der Waals surface area (Å²) in [5.41, 5.74) is 4.05. The van der Waals surface area contributed by atoms with Crippen molar-refractivity contribution in [3.8, 4) is 23.0 Å². The van der Waals surface area contributed by atoms with E-state index in [4.69, 9.17) is 30.5 Å². The van der Waals surface area contributed by atoms with Gasteiger partial charge in [-0.25, -0.2) is 5.43 Å². The van der Waals surface area contributed by atoms with Crippen molar-refractivity contribution < 1.29 is 28.5 Å². The number of anilines is 1. The zero-order valence-corrected chi connectivity index (χ0v) is 20.1. The van der Waals surface area contributed by atoms with Crippen LogP contribution in [0.4, 0.5) is 5.69 Å². The van der Waals surface area contributed by atoms with Crippen LogP contribution < -0.4 is 29.7 Å². The molecule has 182 valence electrons. The molecular formula is C25H24ClN3O6. The van der Waals surface area contributed by atoms with Crippen LogP contribution in [0.2, 0.25) is 5.02 Å². The lowest BCUT2D eigenvalue weighted by molar-refractivity contribution is -0.136. The summed E-state index contributed by atoms with van der Waals surface area (Å²) in [5.74, 6) is 0.0144. The van der Waals surface area contributed by atoms with Crippen LogP contribution in [0, 0.1) is 0 Å². The van der Waals surface area contributed by atoms with Crippen LogP contribution >= 0.6 is 11.6 Å². The Morgan fingerprint density at radius 1 is 0.857 bits per heavy atom. The molecule has 2 N–H and O–H groups in total. The SMILES string of the molecule is COc1ccc(OC)c(NC(=O)C(=O)N/N=C/c2ccc(OCc3ccc(Cl)cc3)c(OC)c2)c1. The second-order valence-electron chi connectivity index (χ2n) is 7.04. The predicted octanol–water partition coefficient (Wildman–Crippen LogP) is 4.03. The van der Waals surface area contributed by atoms with Crippen LogP contribution in [0.25, 0.3) is 0 Å². The van der Waals surface area contributed by atoms with Crippen molar-refractivity contribution in [2.24, 2.45) is 5.10 Å². The topological polar surface area (TPSA) is 107 Å². The number of carbonyl (C=O) groups excluding carboxylic acids is 2. The average Bonchev–Trinajstić information content (AvgIpc) is 2.88. The Kier molecular flexibility index (Phi) is 8.91. The van der Waals surface area contributed by atoms with Gasteiger partial charge >= 0.3 is 11.8 Å². The van der Waals surface area contributed by atoms with Crippen LogP contribution in [-0.4, -0.2) is 39.4 Å². The van der Waals surface area contributed by atoms with E-state index in [1.165, 1.54) is 33.6 Å². The number of ether oxygens (including phenoxy) is 4. The number of methoxy groups -OCH3 is 3. The molecule has 0 fully saturated rings. The van der Waals surface area contributed by atoms with E-state index in [-0.39, 0.29) is 5.69 Å². The van der Waals surface area contributed by atoms with Crippen molar-refractivity contribution >= 4 is 35.3 Å². The molecule has 0 saturated carbocycles. The van der Waals surface area contributed by atoms with Gasteiger partial charge in [-0.3, -0.25) is 9.59 Å². The lowest BCUT2D eigenvalue weighted by Gasteiger charge is -2.11. The monoisotopic (exact) mass is 497 g/mol. The molecular weight excluding hydrogens is 474 g/mol. The Balaban J connectivity index is 1.58. The van der Waals surface area contributed by atoms with Crippen LogP contribution in [0.5, 0.6) is 23.0 Å². The second-order valence-corrected chi connectivity index (χ2v) is 7.48. The highest BCUT2D eigenvalue weighted by Gasteiger charge is 2.16. The standard InChI is InChI=1S/C25H24ClN3O6/c1-32-19-9-11-21(33-2)20(13-19)28-24(30)25(31)29-27-14-17-6-10-22(23(12-17)34-3)35-15-16-4-7-18(26)8-5-16/h4-14H,15H2,1-3H3,(H,28,30)(H,29,31)/b27-14+. The zero-order chi connectivity index (χ0) is 25.2. The minimum Gasteiger partial charge on any atom is -0.497 e. The molecule has 3 aromatic carbocycles. The number of nitrogens with zero attached hydrogens (tertiary/aromatic N) is 1. The Labute approximate surface area is 207 Å². The molecule has 0 aliphatic carbocycles. The number of carbonyl (C=O) groups is 2. The van der Waals surface area contributed by atoms with Crippen molar-refractivity contribution in [1.29, 1.82) is 0 Å². The van der Waals surface area contributed by atoms with Gasteiger partial charge in [-0.05, 0) is 53.6 Å². The fourth-order valence-corrected chi connectivity index (χ4v) is 3.06. The van der Waals surface area contributed by atoms with Crippen LogP contribution in [-0.2, 0) is 16.2 Å². The Morgan fingerprint density at radius 2 is 1.57 bits per heavy atom. The average molecular weight is 498 g/mol. The first-order valence-corrected chi connectivity index (χ1v) is 10.7. The molecule has 0 heterocycles. The first-order chi connectivity index (χ1) is 16.9. The summed E-state index contributed by atoms with van der Waals surface area (Å²) in [7, 11) is 4.45. The first-order valence-electron chi connectivity index (χ1n) is 10.3. The third kappa shape index (κ3) is 7.12. The van der Waals surface area contributed by atoms with Crippen LogP contribution in [0.15, 0.2) is 65.8 Å². The maximum atomic E-state index is 12.2. The van der Waals surface area contributed by atoms with Crippen molar-refractivity contribution in [2.75, 3.05) is 26.6 Å². The van der Waals surface area contributed by atoms with Gasteiger partial charge in [0.15, 0.2) is 11.5 Å². The molecule has 0 bridgehead atoms. The summed E-state index contributed by atoms with van der Waals surface area (Å²) in [6, 6.07) is 17.3. The molecule has 2 amide bonds. The Hall–Kier alpha value is -4.24. The lowest BCUT2D eigenvalue weighted by atomic mass is 10.2. The molecule has 0 aromatic heterocycles. The number of hydrogen-bond acceptors (Lipinski definition) is 7. The molecule has 0 aliphatic rings. The lowest BCUT2D eigenvalue weighted by Crippen LogP contribution is -2.32. The summed E-state index contributed by atoms with van der Waals surface area (Å²) in [6.45, 7) is 0.338. The number of benzene rings is 3. The quantitative estimate of drug-likeness (QED) is 0.262. The number of nitrogens with one attached hydrogen (secondary N) is 2. The molecule has 3 rings (SSSR count). The molecule has 35 heavy (non-hydrogen) atoms. The summed E-state index contributed by atoms with van der Waals surface area (Å²) in [6.07, 6.45) is 1.38. The number of rotatable bonds is 9. The fraction of sp³-hybridized carbons (Fsp3) is 0.160. The molecule has 0 aliphatic heterocycles. The van der Waals surface area contributed by atoms with E-state index >= 15 is 0 Å². The summed E-state index contributed by atoms with van der Waals surface area (Å²) >= 11 is 5.90. The van der Waals surface area contributed by atoms with Gasteiger partial charge in [-0.15, -0.1) is 0 Å². The van der Waals surface area contributed by atoms with E-state index in [1.807, 2.05) is 12.1 Å². The maximum Gasteiger partial charge on any atom is 0.329 e. The highest BCUT2D eigenvalue weighted by atomic mass is 35.5. The summed E-state index contributed by atoms with van der Waals surface area (Å²) in [4.78, 5) is 24.4. The fourth-order valence-electron chi connectivity index (χ4n) is 2.93. The molecule has 0 radical (unpaired) electrons. The van der Waals surface area contributed by atoms with Crippen molar-refractivity contribution in [1.82, 2.24) is 5.43 Å². The van der Waals surface area contributed by atoms with Gasteiger partial charge in [0, 0.05) is 11.1 Å². The van der Waals surface area contributed by atoms with Gasteiger partial charge in [-0.1, -0.05) is 23.7 Å². The van der Waals surface area contributed by atoms with Crippen molar-refractivity contribution in [3.63, 3.8) is 0 Å². The van der Waals surface area contributed by atoms with Gasteiger partial charge in [0.1, 0.15) is 18.1 Å². The second kappa shape index (κ2) is 12.3. The molecule has 9 nitrogen and oxygen atoms in total. The highest BCUT2D eigenvalue weighted by Crippen LogP contribution is 2.29. The van der Waals surface area contributed by atoms with Crippen LogP contribution in [0.3, 0.4) is 0 Å². The van der Waals surface area contributed by atoms with E-state index < -0.39 is 11.8 Å². The van der Waals surface area contributed by atoms with Gasteiger partial charge in [0.2, 0.25) is 0 Å². The third-order valence-corrected chi connectivity index (χ3v) is 4.99. The van der Waals surface area contributed by atoms with Crippen molar-refractivity contribution in [3.05, 3.63) is 76.8 Å². The molecule has 0 atom stereocenters. The molecule has 0 spiro atoms. The molecule has 3 aromatic rings. The maximum absolute atomic E-state index is 12.2. The molecule has 0 saturated heterocycles. The third-order valence-electron chi connectivity index (χ3n) is 4.74. The number of hydrogen-bond donors (Lipinski definition) is 2. The van der Waals surface area contributed by atoms with Crippen LogP contribution in [0.1, 0.15) is 11.1 Å². The Bertz CT molecular complexity index is 1210. The minimum atomic E-state index is -0.957. The first kappa shape index (κ1) is 25.4. The van der Waals surface area contributed by atoms with E-state index in [1.54, 1.807) is 42.5 Å². The zero-order valence-electron chi connectivity index (χ0n) is 19.3. The van der Waals surface area contributed by atoms with E-state index in [0.29, 0.717) is 40.2 Å². The van der Waals surface area contributed by atoms with E-state index in [2.05, 4.69) is 15.8 Å². The smallest absolute Gasteiger partial charge is 0.329 e.